The van der Waals surface area contributed by atoms with Gasteiger partial charge in [-0.05, 0) is 25.5 Å². The standard InChI is InChI=1S/C7H11NO/c1-6(2)7-8-4-3-5-9-7/h3,5,8H,4H2,1-2H3. The molecular formula is C7H11NO. The van der Waals surface area contributed by atoms with Crippen molar-refractivity contribution in [2.24, 2.45) is 0 Å². The highest BCUT2D eigenvalue weighted by atomic mass is 16.5. The molecule has 2 nitrogen and oxygen atoms in total. The zero-order valence-electron chi connectivity index (χ0n) is 5.77. The third-order valence-electron chi connectivity index (χ3n) is 1.12. The van der Waals surface area contributed by atoms with Crippen LogP contribution in [0.2, 0.25) is 0 Å². The molecule has 0 saturated heterocycles. The predicted molar refractivity (Wildman–Crippen MR) is 36.6 cm³/mol. The predicted octanol–water partition coefficient (Wildman–Crippen LogP) is 1.37. The summed E-state index contributed by atoms with van der Waals surface area (Å²) < 4.78 is 5.13. The van der Waals surface area contributed by atoms with E-state index in [0.29, 0.717) is 0 Å². The Kier molecular flexibility index (Phi) is 1.78. The van der Waals surface area contributed by atoms with Crippen molar-refractivity contribution in [1.82, 2.24) is 5.32 Å². The summed E-state index contributed by atoms with van der Waals surface area (Å²) in [6.07, 6.45) is 3.64. The van der Waals surface area contributed by atoms with Gasteiger partial charge in [-0.1, -0.05) is 0 Å². The lowest BCUT2D eigenvalue weighted by molar-refractivity contribution is 0.298. The molecule has 0 aromatic heterocycles. The number of allylic oxidation sites excluding steroid dienone is 1. The zero-order chi connectivity index (χ0) is 6.69. The molecule has 0 amide bonds. The Hall–Kier alpha value is -0.920. The molecule has 0 bridgehead atoms. The van der Waals surface area contributed by atoms with Crippen LogP contribution in [0.25, 0.3) is 0 Å². The highest BCUT2D eigenvalue weighted by Crippen LogP contribution is 2.04. The molecule has 0 saturated carbocycles. The van der Waals surface area contributed by atoms with Crippen LogP contribution in [0, 0.1) is 0 Å². The van der Waals surface area contributed by atoms with E-state index in [9.17, 15) is 0 Å². The van der Waals surface area contributed by atoms with Crippen molar-refractivity contribution < 1.29 is 4.74 Å². The molecule has 50 valence electrons. The molecule has 1 aliphatic rings. The fourth-order valence-electron chi connectivity index (χ4n) is 0.652. The second-order valence-corrected chi connectivity index (χ2v) is 2.20. The minimum atomic E-state index is 0.876. The Labute approximate surface area is 55.2 Å². The Balaban J connectivity index is 2.64. The molecule has 1 N–H and O–H groups in total. The number of hydrogen-bond donors (Lipinski definition) is 1. The van der Waals surface area contributed by atoms with Gasteiger partial charge in [0, 0.05) is 6.54 Å². The van der Waals surface area contributed by atoms with E-state index >= 15 is 0 Å². The van der Waals surface area contributed by atoms with Crippen LogP contribution >= 0.6 is 0 Å². The molecule has 1 rings (SSSR count). The van der Waals surface area contributed by atoms with E-state index in [0.717, 1.165) is 12.4 Å². The first-order valence-corrected chi connectivity index (χ1v) is 3.03. The van der Waals surface area contributed by atoms with Gasteiger partial charge in [-0.3, -0.25) is 0 Å². The molecule has 0 radical (unpaired) electrons. The first kappa shape index (κ1) is 6.20. The Morgan fingerprint density at radius 2 is 2.44 bits per heavy atom. The van der Waals surface area contributed by atoms with Crippen LogP contribution in [0.15, 0.2) is 23.8 Å². The molecule has 0 unspecified atom stereocenters. The van der Waals surface area contributed by atoms with Crippen LogP contribution in [-0.2, 0) is 4.74 Å². The lowest BCUT2D eigenvalue weighted by Crippen LogP contribution is -2.18. The van der Waals surface area contributed by atoms with Crippen molar-refractivity contribution >= 4 is 0 Å². The highest BCUT2D eigenvalue weighted by molar-refractivity contribution is 5.05. The first-order valence-electron chi connectivity index (χ1n) is 3.03. The van der Waals surface area contributed by atoms with Gasteiger partial charge in [0.2, 0.25) is 0 Å². The maximum atomic E-state index is 5.13. The van der Waals surface area contributed by atoms with Crippen molar-refractivity contribution in [3.8, 4) is 0 Å². The SMILES string of the molecule is CC(C)=C1NCC=CO1. The van der Waals surface area contributed by atoms with Gasteiger partial charge >= 0.3 is 0 Å². The van der Waals surface area contributed by atoms with Gasteiger partial charge in [-0.2, -0.15) is 0 Å². The maximum absolute atomic E-state index is 5.13. The molecule has 0 aliphatic carbocycles. The fraction of sp³-hybridized carbons (Fsp3) is 0.429. The fourth-order valence-corrected chi connectivity index (χ4v) is 0.652. The third-order valence-corrected chi connectivity index (χ3v) is 1.12. The largest absolute Gasteiger partial charge is 0.449 e. The second-order valence-electron chi connectivity index (χ2n) is 2.20. The Morgan fingerprint density at radius 1 is 1.67 bits per heavy atom. The Morgan fingerprint density at radius 3 is 2.78 bits per heavy atom. The van der Waals surface area contributed by atoms with E-state index in [-0.39, 0.29) is 0 Å². The van der Waals surface area contributed by atoms with Crippen LogP contribution in [0.3, 0.4) is 0 Å². The topological polar surface area (TPSA) is 21.3 Å². The molecule has 0 aromatic carbocycles. The smallest absolute Gasteiger partial charge is 0.191 e. The lowest BCUT2D eigenvalue weighted by Gasteiger charge is -2.13. The van der Waals surface area contributed by atoms with Crippen LogP contribution < -0.4 is 5.32 Å². The summed E-state index contributed by atoms with van der Waals surface area (Å²) in [6.45, 7) is 4.91. The van der Waals surface area contributed by atoms with E-state index in [1.165, 1.54) is 5.57 Å². The summed E-state index contributed by atoms with van der Waals surface area (Å²) >= 11 is 0. The van der Waals surface area contributed by atoms with E-state index in [2.05, 4.69) is 5.32 Å². The molecular weight excluding hydrogens is 114 g/mol. The van der Waals surface area contributed by atoms with Gasteiger partial charge in [0.1, 0.15) is 0 Å². The molecule has 9 heavy (non-hydrogen) atoms. The number of nitrogens with one attached hydrogen (secondary N) is 1. The van der Waals surface area contributed by atoms with E-state index in [1.807, 2.05) is 19.9 Å². The van der Waals surface area contributed by atoms with Gasteiger partial charge in [0.25, 0.3) is 0 Å². The minimum absolute atomic E-state index is 0.876. The van der Waals surface area contributed by atoms with E-state index in [4.69, 9.17) is 4.74 Å². The van der Waals surface area contributed by atoms with Gasteiger partial charge in [-0.15, -0.1) is 0 Å². The molecule has 2 heteroatoms. The summed E-state index contributed by atoms with van der Waals surface area (Å²) in [4.78, 5) is 0. The summed E-state index contributed by atoms with van der Waals surface area (Å²) in [5.74, 6) is 0.887. The molecule has 0 aromatic rings. The average molecular weight is 125 g/mol. The summed E-state index contributed by atoms with van der Waals surface area (Å²) in [5.41, 5.74) is 1.18. The van der Waals surface area contributed by atoms with E-state index < -0.39 is 0 Å². The average Bonchev–Trinajstić information content (AvgIpc) is 1.90. The molecule has 1 heterocycles. The van der Waals surface area contributed by atoms with Gasteiger partial charge in [0.15, 0.2) is 5.88 Å². The van der Waals surface area contributed by atoms with E-state index in [1.54, 1.807) is 6.26 Å². The van der Waals surface area contributed by atoms with Crippen molar-refractivity contribution in [2.45, 2.75) is 13.8 Å². The summed E-state index contributed by atoms with van der Waals surface area (Å²) in [7, 11) is 0. The molecule has 0 spiro atoms. The second kappa shape index (κ2) is 2.58. The van der Waals surface area contributed by atoms with Crippen LogP contribution in [-0.4, -0.2) is 6.54 Å². The molecule has 1 aliphatic heterocycles. The third kappa shape index (κ3) is 1.49. The van der Waals surface area contributed by atoms with Crippen molar-refractivity contribution in [2.75, 3.05) is 6.54 Å². The van der Waals surface area contributed by atoms with Gasteiger partial charge < -0.3 is 10.1 Å². The van der Waals surface area contributed by atoms with Crippen molar-refractivity contribution in [1.29, 1.82) is 0 Å². The lowest BCUT2D eigenvalue weighted by atomic mass is 10.3. The Bertz CT molecular complexity index is 154. The monoisotopic (exact) mass is 125 g/mol. The van der Waals surface area contributed by atoms with Crippen molar-refractivity contribution in [3.63, 3.8) is 0 Å². The van der Waals surface area contributed by atoms with Gasteiger partial charge in [-0.25, -0.2) is 0 Å². The highest BCUT2D eigenvalue weighted by Gasteiger charge is 1.99. The quantitative estimate of drug-likeness (QED) is 0.528. The zero-order valence-corrected chi connectivity index (χ0v) is 5.77. The van der Waals surface area contributed by atoms with Crippen molar-refractivity contribution in [3.05, 3.63) is 23.8 Å². The number of ether oxygens (including phenoxy) is 1. The molecule has 0 fully saturated rings. The first-order chi connectivity index (χ1) is 4.30. The minimum Gasteiger partial charge on any atom is -0.449 e. The normalized spacial score (nSPS) is 16.4. The summed E-state index contributed by atoms with van der Waals surface area (Å²) in [5, 5.41) is 3.09. The summed E-state index contributed by atoms with van der Waals surface area (Å²) in [6, 6.07) is 0. The van der Waals surface area contributed by atoms with Crippen LogP contribution in [0.1, 0.15) is 13.8 Å². The maximum Gasteiger partial charge on any atom is 0.191 e. The molecule has 0 atom stereocenters. The van der Waals surface area contributed by atoms with Crippen LogP contribution in [0.4, 0.5) is 0 Å². The van der Waals surface area contributed by atoms with Gasteiger partial charge in [0.05, 0.1) is 6.26 Å². The number of rotatable bonds is 0. The number of hydrogen-bond acceptors (Lipinski definition) is 2. The van der Waals surface area contributed by atoms with Crippen LogP contribution in [0.5, 0.6) is 0 Å².